The molecule has 0 atom stereocenters. The van der Waals surface area contributed by atoms with Crippen molar-refractivity contribution in [3.63, 3.8) is 0 Å². The molecule has 0 aliphatic carbocycles. The number of rotatable bonds is 0. The van der Waals surface area contributed by atoms with Gasteiger partial charge < -0.3 is 31.4 Å². The van der Waals surface area contributed by atoms with Gasteiger partial charge in [0.05, 0.1) is 0 Å². The number of carbonyl (C=O) groups is 4. The third-order valence-corrected chi connectivity index (χ3v) is 0. The molecule has 0 rings (SSSR count). The molecule has 0 heterocycles. The monoisotopic (exact) mass is 276 g/mol. The van der Waals surface area contributed by atoms with Crippen LogP contribution in [0.3, 0.4) is 0 Å². The van der Waals surface area contributed by atoms with Crippen molar-refractivity contribution in [2.75, 3.05) is 0 Å². The summed E-state index contributed by atoms with van der Waals surface area (Å²) in [5.41, 5.74) is 0. The highest BCUT2D eigenvalue weighted by atomic mass is 16.4. The van der Waals surface area contributed by atoms with Gasteiger partial charge in [-0.15, -0.1) is 0 Å². The minimum atomic E-state index is -0.833. The normalized spacial score (nSPS) is 5.56. The fraction of sp³-hybridized carbons (Fsp3) is 0.500. The topological polar surface area (TPSA) is 212 Å². The summed E-state index contributed by atoms with van der Waals surface area (Å²) in [6.07, 6.45) is 0. The van der Waals surface area contributed by atoms with E-state index in [0.717, 1.165) is 27.7 Å². The molecule has 0 saturated heterocycles. The van der Waals surface area contributed by atoms with E-state index in [-0.39, 0.29) is 11.0 Å². The quantitative estimate of drug-likeness (QED) is 0.416. The predicted molar refractivity (Wildman–Crippen MR) is 60.5 cm³/mol. The molecule has 10 heteroatoms. The molecule has 112 valence electrons. The summed E-state index contributed by atoms with van der Waals surface area (Å²) in [7, 11) is 0. The number of aliphatic carboxylic acids is 4. The van der Waals surface area contributed by atoms with Gasteiger partial charge >= 0.3 is 0 Å². The van der Waals surface area contributed by atoms with Gasteiger partial charge in [0.25, 0.3) is 23.9 Å². The molecule has 8 N–H and O–H groups in total. The molecule has 0 aromatic rings. The first-order chi connectivity index (χ1) is 6.93. The third kappa shape index (κ3) is 467. The Balaban J connectivity index is -0.0000000257. The van der Waals surface area contributed by atoms with Gasteiger partial charge in [-0.2, -0.15) is 0 Å². The van der Waals surface area contributed by atoms with Crippen LogP contribution in [0, 0.1) is 0 Å². The van der Waals surface area contributed by atoms with Gasteiger partial charge in [-0.25, -0.2) is 0 Å². The SMILES string of the molecule is CC(=O)O.CC(=O)O.CC(=O)O.CC(=O)O.O.O. The van der Waals surface area contributed by atoms with Crippen molar-refractivity contribution in [3.8, 4) is 0 Å². The van der Waals surface area contributed by atoms with E-state index < -0.39 is 23.9 Å². The Morgan fingerprint density at radius 1 is 0.500 bits per heavy atom. The third-order valence-electron chi connectivity index (χ3n) is 0. The number of carboxylic acid groups (broad SMARTS) is 4. The van der Waals surface area contributed by atoms with Gasteiger partial charge in [-0.1, -0.05) is 0 Å². The standard InChI is InChI=1S/4C2H4O2.2H2O/c4*1-2(3)4;;/h4*1H3,(H,3,4);2*1H2. The Kier molecular flexibility index (Phi) is 58.8. The molecule has 0 radical (unpaired) electrons. The molecule has 18 heavy (non-hydrogen) atoms. The molecule has 0 aliphatic heterocycles. The second kappa shape index (κ2) is 29.3. The zero-order valence-electron chi connectivity index (χ0n) is 10.4. The van der Waals surface area contributed by atoms with Crippen LogP contribution < -0.4 is 0 Å². The maximum absolute atomic E-state index is 9.00. The first-order valence-electron chi connectivity index (χ1n) is 3.71. The van der Waals surface area contributed by atoms with E-state index in [1.807, 2.05) is 0 Å². The van der Waals surface area contributed by atoms with E-state index in [1.54, 1.807) is 0 Å². The molecular formula is C8H20O10. The van der Waals surface area contributed by atoms with Gasteiger partial charge in [0.15, 0.2) is 0 Å². The Labute approximate surface area is 103 Å². The largest absolute Gasteiger partial charge is 0.481 e. The molecule has 0 aromatic carbocycles. The fourth-order valence-electron chi connectivity index (χ4n) is 0. The molecule has 0 spiro atoms. The van der Waals surface area contributed by atoms with Crippen LogP contribution in [-0.4, -0.2) is 55.3 Å². The molecule has 10 nitrogen and oxygen atoms in total. The number of hydrogen-bond donors (Lipinski definition) is 4. The van der Waals surface area contributed by atoms with Crippen molar-refractivity contribution in [1.82, 2.24) is 0 Å². The highest BCUT2D eigenvalue weighted by Gasteiger charge is 1.66. The van der Waals surface area contributed by atoms with Crippen LogP contribution in [0.4, 0.5) is 0 Å². The summed E-state index contributed by atoms with van der Waals surface area (Å²) in [4.78, 5) is 36.0. The van der Waals surface area contributed by atoms with Crippen molar-refractivity contribution in [1.29, 1.82) is 0 Å². The van der Waals surface area contributed by atoms with Crippen LogP contribution in [0.15, 0.2) is 0 Å². The lowest BCUT2D eigenvalue weighted by molar-refractivity contribution is -0.135. The summed E-state index contributed by atoms with van der Waals surface area (Å²) in [6.45, 7) is 4.33. The lowest BCUT2D eigenvalue weighted by atomic mass is 10.9. The number of carboxylic acids is 4. The van der Waals surface area contributed by atoms with Crippen molar-refractivity contribution < 1.29 is 50.6 Å². The van der Waals surface area contributed by atoms with Gasteiger partial charge in [0.1, 0.15) is 0 Å². The van der Waals surface area contributed by atoms with Crippen molar-refractivity contribution in [2.45, 2.75) is 27.7 Å². The summed E-state index contributed by atoms with van der Waals surface area (Å²) >= 11 is 0. The minimum Gasteiger partial charge on any atom is -0.481 e. The second-order valence-electron chi connectivity index (χ2n) is 2.08. The predicted octanol–water partition coefficient (Wildman–Crippen LogP) is -1.29. The highest BCUT2D eigenvalue weighted by Crippen LogP contribution is 1.43. The van der Waals surface area contributed by atoms with Gasteiger partial charge in [-0.3, -0.25) is 19.2 Å². The average Bonchev–Trinajstić information content (AvgIpc) is 1.76. The molecule has 0 aliphatic rings. The van der Waals surface area contributed by atoms with E-state index in [0.29, 0.717) is 0 Å². The minimum absolute atomic E-state index is 0. The smallest absolute Gasteiger partial charge is 0.300 e. The zero-order valence-corrected chi connectivity index (χ0v) is 10.4. The van der Waals surface area contributed by atoms with Crippen LogP contribution in [-0.2, 0) is 19.2 Å². The summed E-state index contributed by atoms with van der Waals surface area (Å²) in [6, 6.07) is 0. The van der Waals surface area contributed by atoms with Crippen LogP contribution in [0.5, 0.6) is 0 Å². The Bertz CT molecular complexity index is 158. The molecule has 0 aromatic heterocycles. The van der Waals surface area contributed by atoms with Gasteiger partial charge in [0.2, 0.25) is 0 Å². The van der Waals surface area contributed by atoms with Crippen molar-refractivity contribution in [3.05, 3.63) is 0 Å². The van der Waals surface area contributed by atoms with Gasteiger partial charge in [-0.05, 0) is 0 Å². The van der Waals surface area contributed by atoms with Crippen molar-refractivity contribution in [2.24, 2.45) is 0 Å². The van der Waals surface area contributed by atoms with E-state index in [4.69, 9.17) is 39.6 Å². The van der Waals surface area contributed by atoms with Crippen LogP contribution in [0.2, 0.25) is 0 Å². The summed E-state index contributed by atoms with van der Waals surface area (Å²) in [5.74, 6) is -3.33. The molecule has 0 unspecified atom stereocenters. The first-order valence-corrected chi connectivity index (χ1v) is 3.71. The summed E-state index contributed by atoms with van der Waals surface area (Å²) in [5, 5.41) is 29.7. The molecule has 0 amide bonds. The summed E-state index contributed by atoms with van der Waals surface area (Å²) < 4.78 is 0. The Morgan fingerprint density at radius 3 is 0.500 bits per heavy atom. The maximum atomic E-state index is 9.00. The lowest BCUT2D eigenvalue weighted by Gasteiger charge is -1.59. The Morgan fingerprint density at radius 2 is 0.500 bits per heavy atom. The molecular weight excluding hydrogens is 256 g/mol. The average molecular weight is 276 g/mol. The lowest BCUT2D eigenvalue weighted by Crippen LogP contribution is -1.78. The second-order valence-corrected chi connectivity index (χ2v) is 2.08. The molecule has 0 bridgehead atoms. The van der Waals surface area contributed by atoms with E-state index in [2.05, 4.69) is 0 Å². The van der Waals surface area contributed by atoms with Crippen molar-refractivity contribution >= 4 is 23.9 Å². The maximum Gasteiger partial charge on any atom is 0.300 e. The van der Waals surface area contributed by atoms with Crippen LogP contribution in [0.1, 0.15) is 27.7 Å². The number of hydrogen-bond acceptors (Lipinski definition) is 4. The Hall–Kier alpha value is -2.20. The molecule has 0 fully saturated rings. The van der Waals surface area contributed by atoms with E-state index in [9.17, 15) is 0 Å². The van der Waals surface area contributed by atoms with Crippen LogP contribution >= 0.6 is 0 Å². The van der Waals surface area contributed by atoms with E-state index in [1.165, 1.54) is 0 Å². The van der Waals surface area contributed by atoms with Crippen LogP contribution in [0.25, 0.3) is 0 Å². The first kappa shape index (κ1) is 36.0. The fourth-order valence-corrected chi connectivity index (χ4v) is 0. The molecule has 0 saturated carbocycles. The highest BCUT2D eigenvalue weighted by molar-refractivity contribution is 5.63. The van der Waals surface area contributed by atoms with E-state index >= 15 is 0 Å². The zero-order chi connectivity index (χ0) is 14.3. The van der Waals surface area contributed by atoms with Gasteiger partial charge in [0, 0.05) is 27.7 Å².